The van der Waals surface area contributed by atoms with E-state index in [1.54, 1.807) is 13.2 Å². The van der Waals surface area contributed by atoms with Crippen LogP contribution in [0.15, 0.2) is 18.2 Å². The van der Waals surface area contributed by atoms with Crippen molar-refractivity contribution >= 4 is 5.69 Å². The van der Waals surface area contributed by atoms with Gasteiger partial charge in [0.15, 0.2) is 0 Å². The summed E-state index contributed by atoms with van der Waals surface area (Å²) in [6.45, 7) is 4.74. The van der Waals surface area contributed by atoms with Crippen LogP contribution in [-0.2, 0) is 0 Å². The third kappa shape index (κ3) is 3.09. The smallest absolute Gasteiger partial charge is 0.142 e. The Hall–Kier alpha value is -1.29. The van der Waals surface area contributed by atoms with Crippen LogP contribution in [-0.4, -0.2) is 26.2 Å². The van der Waals surface area contributed by atoms with Gasteiger partial charge in [-0.2, -0.15) is 0 Å². The van der Waals surface area contributed by atoms with Gasteiger partial charge in [0.25, 0.3) is 0 Å². The minimum absolute atomic E-state index is 0.143. The fourth-order valence-electron chi connectivity index (χ4n) is 1.77. The molecule has 0 aromatic heterocycles. The largest absolute Gasteiger partial charge is 0.495 e. The van der Waals surface area contributed by atoms with E-state index >= 15 is 0 Å². The van der Waals surface area contributed by atoms with Crippen LogP contribution in [0.5, 0.6) is 5.75 Å². The van der Waals surface area contributed by atoms with E-state index in [0.29, 0.717) is 12.3 Å². The number of hydrogen-bond acceptors (Lipinski definition) is 3. The molecular formula is C13H21FN2O. The quantitative estimate of drug-likeness (QED) is 0.859. The van der Waals surface area contributed by atoms with Gasteiger partial charge in [0.1, 0.15) is 11.6 Å². The Kier molecular flexibility index (Phi) is 4.34. The van der Waals surface area contributed by atoms with E-state index in [0.717, 1.165) is 12.1 Å². The molecule has 1 aromatic carbocycles. The summed E-state index contributed by atoms with van der Waals surface area (Å²) < 4.78 is 18.6. The van der Waals surface area contributed by atoms with Gasteiger partial charge in [-0.1, -0.05) is 0 Å². The fraction of sp³-hybridized carbons (Fsp3) is 0.538. The van der Waals surface area contributed by atoms with Crippen molar-refractivity contribution in [3.63, 3.8) is 0 Å². The van der Waals surface area contributed by atoms with Crippen LogP contribution >= 0.6 is 0 Å². The van der Waals surface area contributed by atoms with E-state index in [1.807, 2.05) is 11.9 Å². The predicted octanol–water partition coefficient (Wildman–Crippen LogP) is 2.40. The monoisotopic (exact) mass is 240 g/mol. The molecule has 1 aromatic rings. The van der Waals surface area contributed by atoms with Crippen LogP contribution in [0.4, 0.5) is 10.1 Å². The van der Waals surface area contributed by atoms with Crippen LogP contribution in [0.25, 0.3) is 0 Å². The third-order valence-electron chi connectivity index (χ3n) is 3.17. The number of methoxy groups -OCH3 is 1. The second kappa shape index (κ2) is 5.36. The van der Waals surface area contributed by atoms with E-state index < -0.39 is 0 Å². The van der Waals surface area contributed by atoms with Gasteiger partial charge >= 0.3 is 0 Å². The standard InChI is InChI=1S/C13H21FN2O/c1-13(2,7-8-15)16(3)11-9-10(14)5-6-12(11)17-4/h5-6,9H,7-8,15H2,1-4H3. The van der Waals surface area contributed by atoms with Gasteiger partial charge < -0.3 is 15.4 Å². The van der Waals surface area contributed by atoms with Crippen molar-refractivity contribution in [1.82, 2.24) is 0 Å². The molecular weight excluding hydrogens is 219 g/mol. The van der Waals surface area contributed by atoms with Crippen molar-refractivity contribution in [1.29, 1.82) is 0 Å². The first-order chi connectivity index (χ1) is 7.92. The normalized spacial score (nSPS) is 11.4. The molecule has 17 heavy (non-hydrogen) atoms. The van der Waals surface area contributed by atoms with E-state index in [-0.39, 0.29) is 11.4 Å². The molecule has 0 fully saturated rings. The van der Waals surface area contributed by atoms with E-state index in [2.05, 4.69) is 13.8 Å². The molecule has 4 heteroatoms. The summed E-state index contributed by atoms with van der Waals surface area (Å²) in [6.07, 6.45) is 0.823. The van der Waals surface area contributed by atoms with E-state index in [9.17, 15) is 4.39 Å². The molecule has 96 valence electrons. The number of nitrogens with two attached hydrogens (primary N) is 1. The Balaban J connectivity index is 3.09. The first-order valence-corrected chi connectivity index (χ1v) is 5.70. The third-order valence-corrected chi connectivity index (χ3v) is 3.17. The highest BCUT2D eigenvalue weighted by Crippen LogP contribution is 2.33. The summed E-state index contributed by atoms with van der Waals surface area (Å²) in [5, 5.41) is 0. The highest BCUT2D eigenvalue weighted by atomic mass is 19.1. The van der Waals surface area contributed by atoms with Gasteiger partial charge in [0, 0.05) is 18.7 Å². The predicted molar refractivity (Wildman–Crippen MR) is 69.1 cm³/mol. The van der Waals surface area contributed by atoms with E-state index in [4.69, 9.17) is 10.5 Å². The first-order valence-electron chi connectivity index (χ1n) is 5.70. The number of halogens is 1. The summed E-state index contributed by atoms with van der Waals surface area (Å²) in [4.78, 5) is 2.00. The number of hydrogen-bond donors (Lipinski definition) is 1. The molecule has 0 atom stereocenters. The molecule has 0 saturated heterocycles. The molecule has 0 unspecified atom stereocenters. The number of ether oxygens (including phenoxy) is 1. The number of rotatable bonds is 5. The molecule has 0 aliphatic carbocycles. The zero-order valence-corrected chi connectivity index (χ0v) is 11.0. The molecule has 0 aliphatic heterocycles. The summed E-state index contributed by atoms with van der Waals surface area (Å²) >= 11 is 0. The van der Waals surface area contributed by atoms with Crippen LogP contribution < -0.4 is 15.4 Å². The second-order valence-electron chi connectivity index (χ2n) is 4.73. The molecule has 0 aliphatic rings. The molecule has 0 bridgehead atoms. The van der Waals surface area contributed by atoms with Crippen molar-refractivity contribution in [3.05, 3.63) is 24.0 Å². The lowest BCUT2D eigenvalue weighted by Crippen LogP contribution is -2.43. The number of nitrogens with zero attached hydrogens (tertiary/aromatic N) is 1. The summed E-state index contributed by atoms with van der Waals surface area (Å²) in [6, 6.07) is 4.52. The molecule has 1 rings (SSSR count). The van der Waals surface area contributed by atoms with Crippen LogP contribution in [0.2, 0.25) is 0 Å². The van der Waals surface area contributed by atoms with Crippen LogP contribution in [0, 0.1) is 5.82 Å². The van der Waals surface area contributed by atoms with Gasteiger partial charge in [0.05, 0.1) is 12.8 Å². The highest BCUT2D eigenvalue weighted by Gasteiger charge is 2.25. The summed E-state index contributed by atoms with van der Waals surface area (Å²) in [7, 11) is 3.51. The molecule has 0 heterocycles. The Bertz CT molecular complexity index is 380. The molecule has 0 spiro atoms. The van der Waals surface area contributed by atoms with Crippen LogP contribution in [0.1, 0.15) is 20.3 Å². The Morgan fingerprint density at radius 3 is 2.59 bits per heavy atom. The van der Waals surface area contributed by atoms with E-state index in [1.165, 1.54) is 12.1 Å². The van der Waals surface area contributed by atoms with Crippen molar-refractivity contribution in [2.45, 2.75) is 25.8 Å². The minimum atomic E-state index is -0.267. The lowest BCUT2D eigenvalue weighted by Gasteiger charge is -2.38. The zero-order valence-electron chi connectivity index (χ0n) is 11.0. The van der Waals surface area contributed by atoms with Gasteiger partial charge in [-0.05, 0) is 38.9 Å². The lowest BCUT2D eigenvalue weighted by atomic mass is 9.98. The Labute approximate surface area is 102 Å². The molecule has 0 amide bonds. The number of benzene rings is 1. The highest BCUT2D eigenvalue weighted by molar-refractivity contribution is 5.59. The lowest BCUT2D eigenvalue weighted by molar-refractivity contribution is 0.402. The van der Waals surface area contributed by atoms with Crippen molar-refractivity contribution < 1.29 is 9.13 Å². The maximum atomic E-state index is 13.3. The molecule has 3 nitrogen and oxygen atoms in total. The zero-order chi connectivity index (χ0) is 13.1. The maximum Gasteiger partial charge on any atom is 0.142 e. The second-order valence-corrected chi connectivity index (χ2v) is 4.73. The SMILES string of the molecule is COc1ccc(F)cc1N(C)C(C)(C)CCN. The van der Waals surface area contributed by atoms with Crippen LogP contribution in [0.3, 0.4) is 0 Å². The Morgan fingerprint density at radius 2 is 2.06 bits per heavy atom. The van der Waals surface area contributed by atoms with Gasteiger partial charge in [-0.25, -0.2) is 4.39 Å². The maximum absolute atomic E-state index is 13.3. The summed E-state index contributed by atoms with van der Waals surface area (Å²) in [5.41, 5.74) is 6.20. The van der Waals surface area contributed by atoms with Crippen molar-refractivity contribution in [3.8, 4) is 5.75 Å². The first kappa shape index (κ1) is 13.8. The topological polar surface area (TPSA) is 38.5 Å². The van der Waals surface area contributed by atoms with Gasteiger partial charge in [0.2, 0.25) is 0 Å². The average molecular weight is 240 g/mol. The molecule has 0 saturated carbocycles. The minimum Gasteiger partial charge on any atom is -0.495 e. The fourth-order valence-corrected chi connectivity index (χ4v) is 1.77. The van der Waals surface area contributed by atoms with Crippen molar-refractivity contribution in [2.75, 3.05) is 25.6 Å². The van der Waals surface area contributed by atoms with Crippen molar-refractivity contribution in [2.24, 2.45) is 5.73 Å². The average Bonchev–Trinajstić information content (AvgIpc) is 2.28. The van der Waals surface area contributed by atoms with Gasteiger partial charge in [-0.15, -0.1) is 0 Å². The summed E-state index contributed by atoms with van der Waals surface area (Å²) in [5.74, 6) is 0.398. The number of anilines is 1. The molecule has 0 radical (unpaired) electrons. The molecule has 2 N–H and O–H groups in total. The van der Waals surface area contributed by atoms with Gasteiger partial charge in [-0.3, -0.25) is 0 Å². The Morgan fingerprint density at radius 1 is 1.41 bits per heavy atom.